The number of fused-ring (bicyclic) bond motifs is 1. The van der Waals surface area contributed by atoms with Crippen molar-refractivity contribution in [2.45, 2.75) is 39.5 Å². The number of carbonyl (C=O) groups is 1. The van der Waals surface area contributed by atoms with Gasteiger partial charge in [-0.1, -0.05) is 18.9 Å². The molecule has 3 rings (SSSR count). The van der Waals surface area contributed by atoms with Crippen molar-refractivity contribution < 1.29 is 9.53 Å². The molecule has 7 heteroatoms. The molecule has 0 bridgehead atoms. The van der Waals surface area contributed by atoms with Crippen molar-refractivity contribution in [2.75, 3.05) is 38.1 Å². The number of benzene rings is 1. The normalized spacial score (nSPS) is 21.5. The molecule has 0 aromatic heterocycles. The minimum absolute atomic E-state index is 0. The van der Waals surface area contributed by atoms with Gasteiger partial charge in [0, 0.05) is 38.3 Å². The van der Waals surface area contributed by atoms with E-state index in [0.29, 0.717) is 13.2 Å². The van der Waals surface area contributed by atoms with E-state index < -0.39 is 0 Å². The van der Waals surface area contributed by atoms with E-state index in [2.05, 4.69) is 22.5 Å². The van der Waals surface area contributed by atoms with Crippen LogP contribution in [0.15, 0.2) is 29.3 Å². The van der Waals surface area contributed by atoms with Crippen molar-refractivity contribution in [1.29, 1.82) is 0 Å². The van der Waals surface area contributed by atoms with Gasteiger partial charge >= 0.3 is 0 Å². The van der Waals surface area contributed by atoms with Crippen molar-refractivity contribution in [1.82, 2.24) is 10.2 Å². The van der Waals surface area contributed by atoms with Crippen LogP contribution in [0.5, 0.6) is 5.75 Å². The Bertz CT molecular complexity index is 654. The van der Waals surface area contributed by atoms with Crippen molar-refractivity contribution in [2.24, 2.45) is 16.8 Å². The van der Waals surface area contributed by atoms with Gasteiger partial charge in [-0.3, -0.25) is 4.79 Å². The largest absolute Gasteiger partial charge is 0.492 e. The predicted octanol–water partition coefficient (Wildman–Crippen LogP) is 3.73. The molecule has 1 saturated heterocycles. The Labute approximate surface area is 185 Å². The lowest BCUT2D eigenvalue weighted by Crippen LogP contribution is -2.40. The molecule has 28 heavy (non-hydrogen) atoms. The average Bonchev–Trinajstić information content (AvgIpc) is 3.08. The number of nitrogens with one attached hydrogen (secondary N) is 2. The predicted molar refractivity (Wildman–Crippen MR) is 125 cm³/mol. The van der Waals surface area contributed by atoms with Gasteiger partial charge in [-0.25, -0.2) is 4.99 Å². The fourth-order valence-electron chi connectivity index (χ4n) is 4.19. The molecular formula is C21H33IN4O2. The van der Waals surface area contributed by atoms with E-state index in [4.69, 9.17) is 9.73 Å². The highest BCUT2D eigenvalue weighted by Crippen LogP contribution is 2.35. The van der Waals surface area contributed by atoms with E-state index in [1.54, 1.807) is 0 Å². The Hall–Kier alpha value is -1.51. The molecule has 1 aromatic rings. The lowest BCUT2D eigenvalue weighted by molar-refractivity contribution is -0.114. The maximum Gasteiger partial charge on any atom is 0.221 e. The molecule has 6 nitrogen and oxygen atoms in total. The highest BCUT2D eigenvalue weighted by molar-refractivity contribution is 14.0. The second-order valence-electron chi connectivity index (χ2n) is 7.50. The summed E-state index contributed by atoms with van der Waals surface area (Å²) in [4.78, 5) is 18.4. The fourth-order valence-corrected chi connectivity index (χ4v) is 4.19. The van der Waals surface area contributed by atoms with Crippen LogP contribution in [0.4, 0.5) is 5.69 Å². The van der Waals surface area contributed by atoms with Gasteiger partial charge in [-0.2, -0.15) is 0 Å². The highest BCUT2D eigenvalue weighted by atomic mass is 127. The fraction of sp³-hybridized carbons (Fsp3) is 0.619. The average molecular weight is 500 g/mol. The van der Waals surface area contributed by atoms with E-state index in [1.165, 1.54) is 32.6 Å². The Morgan fingerprint density at radius 3 is 2.61 bits per heavy atom. The third kappa shape index (κ3) is 6.53. The zero-order valence-corrected chi connectivity index (χ0v) is 19.3. The Morgan fingerprint density at radius 2 is 1.96 bits per heavy atom. The van der Waals surface area contributed by atoms with Crippen molar-refractivity contribution in [3.05, 3.63) is 24.3 Å². The van der Waals surface area contributed by atoms with Gasteiger partial charge in [0.2, 0.25) is 5.91 Å². The minimum Gasteiger partial charge on any atom is -0.492 e. The standard InChI is InChI=1S/C21H32N4O2.HI/c1-3-22-21(25-14-17-7-4-5-8-18(17)15-25)23-11-12-27-20-10-6-9-19(13-20)24-16(2)26;/h6,9-10,13,17-18H,3-5,7-8,11-12,14-15H2,1-2H3,(H,22,23)(H,24,26);1H. The molecule has 1 aromatic carbocycles. The summed E-state index contributed by atoms with van der Waals surface area (Å²) < 4.78 is 5.81. The molecule has 1 aliphatic carbocycles. The van der Waals surface area contributed by atoms with Gasteiger partial charge in [0.05, 0.1) is 6.54 Å². The van der Waals surface area contributed by atoms with Crippen LogP contribution in [-0.2, 0) is 4.79 Å². The number of hydrogen-bond acceptors (Lipinski definition) is 3. The lowest BCUT2D eigenvalue weighted by atomic mass is 9.82. The molecule has 2 fully saturated rings. The van der Waals surface area contributed by atoms with Gasteiger partial charge in [-0.15, -0.1) is 24.0 Å². The first-order chi connectivity index (χ1) is 13.2. The number of aliphatic imine (C=N–C) groups is 1. The molecule has 2 aliphatic rings. The number of ether oxygens (including phenoxy) is 1. The smallest absolute Gasteiger partial charge is 0.221 e. The Balaban J connectivity index is 0.00000280. The number of halogens is 1. The summed E-state index contributed by atoms with van der Waals surface area (Å²) in [7, 11) is 0. The number of hydrogen-bond donors (Lipinski definition) is 2. The summed E-state index contributed by atoms with van der Waals surface area (Å²) in [6, 6.07) is 7.45. The van der Waals surface area contributed by atoms with Crippen LogP contribution in [0.3, 0.4) is 0 Å². The Morgan fingerprint density at radius 1 is 1.25 bits per heavy atom. The number of likely N-dealkylation sites (tertiary alicyclic amines) is 1. The summed E-state index contributed by atoms with van der Waals surface area (Å²) >= 11 is 0. The number of amides is 1. The molecular weight excluding hydrogens is 467 g/mol. The first kappa shape index (κ1) is 22.8. The van der Waals surface area contributed by atoms with Crippen LogP contribution < -0.4 is 15.4 Å². The van der Waals surface area contributed by atoms with Crippen LogP contribution in [0.2, 0.25) is 0 Å². The summed E-state index contributed by atoms with van der Waals surface area (Å²) in [6.45, 7) is 7.88. The van der Waals surface area contributed by atoms with Gasteiger partial charge in [-0.05, 0) is 43.7 Å². The van der Waals surface area contributed by atoms with Crippen LogP contribution in [0.25, 0.3) is 0 Å². The number of nitrogens with zero attached hydrogens (tertiary/aromatic N) is 2. The SMILES string of the molecule is CCNC(=NCCOc1cccc(NC(C)=O)c1)N1CC2CCCCC2C1.I. The topological polar surface area (TPSA) is 66.0 Å². The zero-order valence-electron chi connectivity index (χ0n) is 16.9. The second-order valence-corrected chi connectivity index (χ2v) is 7.50. The third-order valence-corrected chi connectivity index (χ3v) is 5.39. The quantitative estimate of drug-likeness (QED) is 0.271. The molecule has 0 radical (unpaired) electrons. The van der Waals surface area contributed by atoms with Gasteiger partial charge in [0.25, 0.3) is 0 Å². The molecule has 0 spiro atoms. The minimum atomic E-state index is -0.0850. The van der Waals surface area contributed by atoms with Crippen molar-refractivity contribution >= 4 is 41.5 Å². The Kier molecular flexibility index (Phi) is 9.34. The van der Waals surface area contributed by atoms with E-state index in [-0.39, 0.29) is 29.9 Å². The van der Waals surface area contributed by atoms with Crippen LogP contribution >= 0.6 is 24.0 Å². The molecule has 1 heterocycles. The van der Waals surface area contributed by atoms with E-state index in [1.807, 2.05) is 24.3 Å². The first-order valence-corrected chi connectivity index (χ1v) is 10.2. The van der Waals surface area contributed by atoms with Gasteiger partial charge in [0.15, 0.2) is 5.96 Å². The number of guanidine groups is 1. The highest BCUT2D eigenvalue weighted by Gasteiger charge is 2.35. The number of carbonyl (C=O) groups excluding carboxylic acids is 1. The van der Waals surface area contributed by atoms with Gasteiger partial charge in [0.1, 0.15) is 12.4 Å². The molecule has 1 aliphatic heterocycles. The summed E-state index contributed by atoms with van der Waals surface area (Å²) in [6.07, 6.45) is 5.50. The van der Waals surface area contributed by atoms with Crippen LogP contribution in [-0.4, -0.2) is 49.6 Å². The lowest BCUT2D eigenvalue weighted by Gasteiger charge is -2.22. The van der Waals surface area contributed by atoms with Crippen LogP contribution in [0, 0.1) is 11.8 Å². The third-order valence-electron chi connectivity index (χ3n) is 5.39. The summed E-state index contributed by atoms with van der Waals surface area (Å²) in [5.41, 5.74) is 0.747. The van der Waals surface area contributed by atoms with Gasteiger partial charge < -0.3 is 20.3 Å². The first-order valence-electron chi connectivity index (χ1n) is 10.2. The van der Waals surface area contributed by atoms with Crippen molar-refractivity contribution in [3.8, 4) is 5.75 Å². The monoisotopic (exact) mass is 500 g/mol. The summed E-state index contributed by atoms with van der Waals surface area (Å²) in [5, 5.41) is 6.21. The zero-order chi connectivity index (χ0) is 19.1. The molecule has 156 valence electrons. The number of anilines is 1. The van der Waals surface area contributed by atoms with Crippen LogP contribution in [0.1, 0.15) is 39.5 Å². The second kappa shape index (κ2) is 11.5. The van der Waals surface area contributed by atoms with E-state index in [9.17, 15) is 4.79 Å². The van der Waals surface area contributed by atoms with E-state index in [0.717, 1.165) is 48.9 Å². The maximum absolute atomic E-state index is 11.2. The molecule has 1 amide bonds. The van der Waals surface area contributed by atoms with Crippen molar-refractivity contribution in [3.63, 3.8) is 0 Å². The molecule has 1 saturated carbocycles. The number of rotatable bonds is 6. The molecule has 2 N–H and O–H groups in total. The maximum atomic E-state index is 11.2. The summed E-state index contributed by atoms with van der Waals surface area (Å²) in [5.74, 6) is 3.36. The molecule has 2 unspecified atom stereocenters. The van der Waals surface area contributed by atoms with E-state index >= 15 is 0 Å². The molecule has 2 atom stereocenters.